The number of nitrogens with one attached hydrogen (secondary N) is 1. The zero-order valence-corrected chi connectivity index (χ0v) is 16.5. The number of hydrogen-bond acceptors (Lipinski definition) is 5. The fourth-order valence-corrected chi connectivity index (χ4v) is 3.98. The number of pyridine rings is 2. The van der Waals surface area contributed by atoms with Gasteiger partial charge in [-0.2, -0.15) is 5.10 Å². The summed E-state index contributed by atoms with van der Waals surface area (Å²) in [5.41, 5.74) is 2.91. The summed E-state index contributed by atoms with van der Waals surface area (Å²) in [6, 6.07) is 9.75. The van der Waals surface area contributed by atoms with Gasteiger partial charge in [-0.3, -0.25) is 4.72 Å². The van der Waals surface area contributed by atoms with Crippen LogP contribution in [0, 0.1) is 18.2 Å². The number of aromatic nitrogens is 3. The fraction of sp³-hybridized carbons (Fsp3) is 0.0476. The van der Waals surface area contributed by atoms with Crippen molar-refractivity contribution in [3.05, 3.63) is 72.4 Å². The average Bonchev–Trinajstić information content (AvgIpc) is 3.16. The van der Waals surface area contributed by atoms with Crippen LogP contribution in [0.5, 0.6) is 5.88 Å². The first kappa shape index (κ1) is 19.4. The molecule has 4 rings (SSSR count). The lowest BCUT2D eigenvalue weighted by Crippen LogP contribution is -2.14. The molecule has 0 unspecified atom stereocenters. The highest BCUT2D eigenvalue weighted by atomic mass is 32.2. The molecule has 3 heterocycles. The van der Waals surface area contributed by atoms with Crippen LogP contribution in [0.3, 0.4) is 0 Å². The highest BCUT2D eigenvalue weighted by Gasteiger charge is 2.18. The van der Waals surface area contributed by atoms with Gasteiger partial charge in [0.25, 0.3) is 10.0 Å². The maximum Gasteiger partial charge on any atom is 0.262 e. The van der Waals surface area contributed by atoms with Crippen molar-refractivity contribution in [3.8, 4) is 29.4 Å². The van der Waals surface area contributed by atoms with Crippen LogP contribution < -0.4 is 9.46 Å². The smallest absolute Gasteiger partial charge is 0.262 e. The molecule has 0 amide bonds. The van der Waals surface area contributed by atoms with Crippen molar-refractivity contribution in [2.24, 2.45) is 0 Å². The first-order valence-electron chi connectivity index (χ1n) is 8.68. The van der Waals surface area contributed by atoms with E-state index in [-0.39, 0.29) is 16.5 Å². The Morgan fingerprint density at radius 1 is 1.13 bits per heavy atom. The molecule has 0 aliphatic carbocycles. The van der Waals surface area contributed by atoms with Crippen LogP contribution in [0.25, 0.3) is 16.6 Å². The molecule has 0 saturated heterocycles. The summed E-state index contributed by atoms with van der Waals surface area (Å²) in [7, 11) is -2.59. The molecular formula is C21H15FN4O3S. The molecule has 0 aliphatic rings. The summed E-state index contributed by atoms with van der Waals surface area (Å²) in [6.45, 7) is 0. The van der Waals surface area contributed by atoms with Crippen molar-refractivity contribution in [1.29, 1.82) is 0 Å². The van der Waals surface area contributed by atoms with Gasteiger partial charge in [0.15, 0.2) is 0 Å². The van der Waals surface area contributed by atoms with Crippen LogP contribution in [-0.2, 0) is 10.0 Å². The van der Waals surface area contributed by atoms with Crippen molar-refractivity contribution in [1.82, 2.24) is 14.6 Å². The number of nitrogens with zero attached hydrogens (tertiary/aromatic N) is 3. The molecule has 0 spiro atoms. The first-order chi connectivity index (χ1) is 14.4. The SMILES string of the molecule is C#Cc1cnn2ccc(-c3cnc(OC)c(NS(=O)(=O)c4ccc(F)cc4)c3)cc12. The minimum Gasteiger partial charge on any atom is -0.480 e. The van der Waals surface area contributed by atoms with E-state index < -0.39 is 15.8 Å². The first-order valence-corrected chi connectivity index (χ1v) is 10.2. The predicted molar refractivity (Wildman–Crippen MR) is 110 cm³/mol. The number of halogens is 1. The second-order valence-electron chi connectivity index (χ2n) is 6.29. The molecule has 0 fully saturated rings. The van der Waals surface area contributed by atoms with E-state index in [1.54, 1.807) is 29.2 Å². The van der Waals surface area contributed by atoms with Crippen LogP contribution in [0.1, 0.15) is 5.56 Å². The minimum atomic E-state index is -3.98. The van der Waals surface area contributed by atoms with Gasteiger partial charge in [-0.05, 0) is 48.0 Å². The third-order valence-electron chi connectivity index (χ3n) is 4.42. The molecular weight excluding hydrogens is 407 g/mol. The monoisotopic (exact) mass is 422 g/mol. The average molecular weight is 422 g/mol. The quantitative estimate of drug-likeness (QED) is 0.499. The summed E-state index contributed by atoms with van der Waals surface area (Å²) in [5.74, 6) is 2.14. The molecule has 150 valence electrons. The van der Waals surface area contributed by atoms with Gasteiger partial charge < -0.3 is 4.74 Å². The lowest BCUT2D eigenvalue weighted by molar-refractivity contribution is 0.400. The second-order valence-corrected chi connectivity index (χ2v) is 7.97. The Labute approximate surface area is 172 Å². The van der Waals surface area contributed by atoms with Crippen molar-refractivity contribution in [2.75, 3.05) is 11.8 Å². The normalized spacial score (nSPS) is 11.2. The molecule has 0 bridgehead atoms. The van der Waals surface area contributed by atoms with E-state index in [1.165, 1.54) is 19.2 Å². The van der Waals surface area contributed by atoms with Gasteiger partial charge in [0.2, 0.25) is 5.88 Å². The minimum absolute atomic E-state index is 0.0873. The van der Waals surface area contributed by atoms with E-state index in [0.717, 1.165) is 23.2 Å². The number of rotatable bonds is 5. The summed E-state index contributed by atoms with van der Waals surface area (Å²) >= 11 is 0. The number of terminal acetylenes is 1. The molecule has 0 aliphatic heterocycles. The van der Waals surface area contributed by atoms with Crippen molar-refractivity contribution in [2.45, 2.75) is 4.90 Å². The summed E-state index contributed by atoms with van der Waals surface area (Å²) < 4.78 is 47.8. The molecule has 7 nitrogen and oxygen atoms in total. The van der Waals surface area contributed by atoms with Crippen LogP contribution in [-0.4, -0.2) is 30.1 Å². The fourth-order valence-electron chi connectivity index (χ4n) is 2.93. The predicted octanol–water partition coefficient (Wildman–Crippen LogP) is 3.33. The zero-order chi connectivity index (χ0) is 21.3. The standard InChI is InChI=1S/C21H15FN4O3S/c1-3-14-13-24-26-9-8-15(11-20(14)26)16-10-19(21(29-2)23-12-16)25-30(27,28)18-6-4-17(22)5-7-18/h1,4-13,25H,2H3. The van der Waals surface area contributed by atoms with E-state index in [2.05, 4.69) is 20.7 Å². The third-order valence-corrected chi connectivity index (χ3v) is 5.80. The number of benzene rings is 1. The maximum atomic E-state index is 13.1. The molecule has 1 aromatic carbocycles. The Hall–Kier alpha value is -3.90. The van der Waals surface area contributed by atoms with Crippen LogP contribution in [0.2, 0.25) is 0 Å². The molecule has 30 heavy (non-hydrogen) atoms. The number of ether oxygens (including phenoxy) is 1. The third kappa shape index (κ3) is 3.56. The molecule has 0 radical (unpaired) electrons. The highest BCUT2D eigenvalue weighted by Crippen LogP contribution is 2.31. The van der Waals surface area contributed by atoms with Crippen molar-refractivity contribution >= 4 is 21.2 Å². The lowest BCUT2D eigenvalue weighted by Gasteiger charge is -2.13. The van der Waals surface area contributed by atoms with E-state index >= 15 is 0 Å². The van der Waals surface area contributed by atoms with Gasteiger partial charge in [0, 0.05) is 18.0 Å². The molecule has 0 atom stereocenters. The van der Waals surface area contributed by atoms with Gasteiger partial charge in [0.05, 0.1) is 29.3 Å². The van der Waals surface area contributed by atoms with E-state index in [0.29, 0.717) is 11.1 Å². The molecule has 4 aromatic rings. The number of methoxy groups -OCH3 is 1. The van der Waals surface area contributed by atoms with Crippen LogP contribution in [0.15, 0.2) is 66.0 Å². The molecule has 9 heteroatoms. The van der Waals surface area contributed by atoms with E-state index in [1.807, 2.05) is 12.1 Å². The summed E-state index contributed by atoms with van der Waals surface area (Å²) in [6.07, 6.45) is 10.4. The highest BCUT2D eigenvalue weighted by molar-refractivity contribution is 7.92. The Bertz CT molecular complexity index is 1390. The van der Waals surface area contributed by atoms with Gasteiger partial charge in [0.1, 0.15) is 11.5 Å². The van der Waals surface area contributed by atoms with Gasteiger partial charge in [-0.15, -0.1) is 6.42 Å². The van der Waals surface area contributed by atoms with Gasteiger partial charge in [-0.1, -0.05) is 5.92 Å². The lowest BCUT2D eigenvalue weighted by atomic mass is 10.1. The number of fused-ring (bicyclic) bond motifs is 1. The van der Waals surface area contributed by atoms with E-state index in [4.69, 9.17) is 11.2 Å². The van der Waals surface area contributed by atoms with Crippen molar-refractivity contribution < 1.29 is 17.5 Å². The summed E-state index contributed by atoms with van der Waals surface area (Å²) in [4.78, 5) is 4.12. The molecule has 0 saturated carbocycles. The maximum absolute atomic E-state index is 13.1. The molecule has 3 aromatic heterocycles. The second kappa shape index (κ2) is 7.50. The number of sulfonamides is 1. The van der Waals surface area contributed by atoms with Crippen LogP contribution in [0.4, 0.5) is 10.1 Å². The van der Waals surface area contributed by atoms with Gasteiger partial charge in [-0.25, -0.2) is 22.3 Å². The zero-order valence-electron chi connectivity index (χ0n) is 15.7. The Kier molecular flexibility index (Phi) is 4.85. The van der Waals surface area contributed by atoms with Crippen molar-refractivity contribution in [3.63, 3.8) is 0 Å². The van der Waals surface area contributed by atoms with E-state index in [9.17, 15) is 12.8 Å². The largest absolute Gasteiger partial charge is 0.480 e. The topological polar surface area (TPSA) is 85.6 Å². The van der Waals surface area contributed by atoms with Crippen LogP contribution >= 0.6 is 0 Å². The Balaban J connectivity index is 1.76. The summed E-state index contributed by atoms with van der Waals surface area (Å²) in [5, 5.41) is 4.18. The number of hydrogen-bond donors (Lipinski definition) is 1. The van der Waals surface area contributed by atoms with Gasteiger partial charge >= 0.3 is 0 Å². The Morgan fingerprint density at radius 2 is 1.90 bits per heavy atom. The molecule has 1 N–H and O–H groups in total. The Morgan fingerprint density at radius 3 is 2.60 bits per heavy atom. The number of anilines is 1.